The molecule has 148 valence electrons. The topological polar surface area (TPSA) is 81.0 Å². The van der Waals surface area contributed by atoms with Crippen LogP contribution in [0.3, 0.4) is 0 Å². The fourth-order valence-corrected chi connectivity index (χ4v) is 2.87. The minimum atomic E-state index is -1.01. The molecule has 2 aromatic carbocycles. The average Bonchev–Trinajstić information content (AvgIpc) is 2.76. The van der Waals surface area contributed by atoms with E-state index in [9.17, 15) is 4.79 Å². The number of carbonyl (C=O) groups is 1. The van der Waals surface area contributed by atoms with Gasteiger partial charge in [-0.2, -0.15) is 0 Å². The summed E-state index contributed by atoms with van der Waals surface area (Å²) in [6, 6.07) is 21.3. The molecule has 0 saturated carbocycles. The van der Waals surface area contributed by atoms with E-state index >= 15 is 0 Å². The Hall–Kier alpha value is -3.67. The van der Waals surface area contributed by atoms with E-state index in [0.29, 0.717) is 18.8 Å². The molecule has 0 bridgehead atoms. The number of rotatable bonds is 10. The Morgan fingerprint density at radius 3 is 2.66 bits per heavy atom. The molecule has 3 aromatic rings. The Labute approximate surface area is 169 Å². The number of carboxylic acids is 1. The largest absolute Gasteiger partial charge is 0.482 e. The predicted molar refractivity (Wildman–Crippen MR) is 110 cm³/mol. The molecule has 1 N–H and O–H groups in total. The van der Waals surface area contributed by atoms with Crippen molar-refractivity contribution < 1.29 is 19.5 Å². The lowest BCUT2D eigenvalue weighted by Crippen LogP contribution is -2.09. The van der Waals surface area contributed by atoms with Crippen LogP contribution in [0.5, 0.6) is 5.75 Å². The van der Waals surface area contributed by atoms with Crippen LogP contribution in [0.25, 0.3) is 0 Å². The zero-order chi connectivity index (χ0) is 20.3. The molecular weight excluding hydrogens is 368 g/mol. The van der Waals surface area contributed by atoms with Crippen molar-refractivity contribution in [3.63, 3.8) is 0 Å². The van der Waals surface area contributed by atoms with Crippen LogP contribution < -0.4 is 4.74 Å². The normalized spacial score (nSPS) is 11.9. The molecule has 0 aliphatic heterocycles. The van der Waals surface area contributed by atoms with Gasteiger partial charge in [0.1, 0.15) is 12.4 Å². The van der Waals surface area contributed by atoms with Crippen molar-refractivity contribution >= 4 is 12.2 Å². The highest BCUT2D eigenvalue weighted by Gasteiger charge is 2.14. The maximum atomic E-state index is 10.6. The van der Waals surface area contributed by atoms with Gasteiger partial charge in [-0.15, -0.1) is 0 Å². The van der Waals surface area contributed by atoms with Crippen molar-refractivity contribution in [2.45, 2.75) is 12.3 Å². The van der Waals surface area contributed by atoms with Crippen molar-refractivity contribution in [2.75, 3.05) is 13.2 Å². The van der Waals surface area contributed by atoms with Gasteiger partial charge in [-0.1, -0.05) is 53.7 Å². The Balaban J connectivity index is 1.57. The minimum Gasteiger partial charge on any atom is -0.482 e. The molecule has 1 heterocycles. The number of hydrogen-bond acceptors (Lipinski definition) is 5. The van der Waals surface area contributed by atoms with Gasteiger partial charge in [0, 0.05) is 30.9 Å². The summed E-state index contributed by atoms with van der Waals surface area (Å²) in [6.07, 6.45) is 5.82. The summed E-state index contributed by atoms with van der Waals surface area (Å²) >= 11 is 0. The van der Waals surface area contributed by atoms with Crippen LogP contribution in [0.15, 0.2) is 84.3 Å². The molecule has 0 radical (unpaired) electrons. The maximum absolute atomic E-state index is 10.6. The molecule has 0 aliphatic carbocycles. The first-order chi connectivity index (χ1) is 14.2. The molecule has 6 heteroatoms. The Morgan fingerprint density at radius 2 is 1.90 bits per heavy atom. The summed E-state index contributed by atoms with van der Waals surface area (Å²) in [4.78, 5) is 20.4. The third-order valence-electron chi connectivity index (χ3n) is 4.27. The first-order valence-corrected chi connectivity index (χ1v) is 9.24. The number of nitrogens with zero attached hydrogens (tertiary/aromatic N) is 2. The van der Waals surface area contributed by atoms with Crippen molar-refractivity contribution in [3.8, 4) is 5.75 Å². The smallest absolute Gasteiger partial charge is 0.341 e. The van der Waals surface area contributed by atoms with Crippen LogP contribution in [0, 0.1) is 0 Å². The zero-order valence-electron chi connectivity index (χ0n) is 15.8. The summed E-state index contributed by atoms with van der Waals surface area (Å²) < 4.78 is 5.18. The van der Waals surface area contributed by atoms with E-state index in [2.05, 4.69) is 22.3 Å². The molecule has 1 atom stereocenters. The standard InChI is InChI=1S/C23H22N2O4/c26-23(27)17-28-21-10-4-6-18(14-21)11-13-25-29-16-22(19-7-2-1-3-8-19)20-9-5-12-24-15-20/h1-10,12-15,22H,11,16-17H2,(H,26,27). The highest BCUT2D eigenvalue weighted by molar-refractivity contribution is 5.68. The third kappa shape index (κ3) is 6.46. The number of oxime groups is 1. The van der Waals surface area contributed by atoms with Gasteiger partial charge in [-0.25, -0.2) is 4.79 Å². The second-order valence-electron chi connectivity index (χ2n) is 6.37. The van der Waals surface area contributed by atoms with E-state index in [-0.39, 0.29) is 12.5 Å². The monoisotopic (exact) mass is 390 g/mol. The molecule has 1 aromatic heterocycles. The molecule has 0 fully saturated rings. The zero-order valence-corrected chi connectivity index (χ0v) is 15.8. The molecule has 0 amide bonds. The molecule has 0 aliphatic rings. The van der Waals surface area contributed by atoms with Crippen LogP contribution in [-0.4, -0.2) is 35.5 Å². The van der Waals surface area contributed by atoms with E-state index in [0.717, 1.165) is 16.7 Å². The van der Waals surface area contributed by atoms with Gasteiger partial charge in [0.25, 0.3) is 0 Å². The maximum Gasteiger partial charge on any atom is 0.341 e. The van der Waals surface area contributed by atoms with Crippen LogP contribution >= 0.6 is 0 Å². The fraction of sp³-hybridized carbons (Fsp3) is 0.174. The highest BCUT2D eigenvalue weighted by Crippen LogP contribution is 2.24. The van der Waals surface area contributed by atoms with E-state index in [1.54, 1.807) is 24.5 Å². The molecular formula is C23H22N2O4. The first kappa shape index (κ1) is 20.1. The van der Waals surface area contributed by atoms with Crippen molar-refractivity contribution in [1.82, 2.24) is 4.98 Å². The first-order valence-electron chi connectivity index (χ1n) is 9.24. The SMILES string of the molecule is O=C(O)COc1cccc(CC=NOCC(c2ccccc2)c2cccnc2)c1. The van der Waals surface area contributed by atoms with Gasteiger partial charge in [0.05, 0.1) is 0 Å². The summed E-state index contributed by atoms with van der Waals surface area (Å²) in [6.45, 7) is 0.0316. The average molecular weight is 390 g/mol. The number of pyridine rings is 1. The fourth-order valence-electron chi connectivity index (χ4n) is 2.87. The number of hydrogen-bond donors (Lipinski definition) is 1. The van der Waals surface area contributed by atoms with Crippen molar-refractivity contribution in [3.05, 3.63) is 95.8 Å². The second-order valence-corrected chi connectivity index (χ2v) is 6.37. The van der Waals surface area contributed by atoms with Crippen molar-refractivity contribution in [1.29, 1.82) is 0 Å². The number of aliphatic carboxylic acids is 1. The number of aromatic nitrogens is 1. The summed E-state index contributed by atoms with van der Waals surface area (Å²) in [5.74, 6) is -0.457. The van der Waals surface area contributed by atoms with Crippen LogP contribution in [-0.2, 0) is 16.1 Å². The highest BCUT2D eigenvalue weighted by atomic mass is 16.6. The summed E-state index contributed by atoms with van der Waals surface area (Å²) in [5.41, 5.74) is 3.16. The molecule has 6 nitrogen and oxygen atoms in total. The third-order valence-corrected chi connectivity index (χ3v) is 4.27. The van der Waals surface area contributed by atoms with Crippen molar-refractivity contribution in [2.24, 2.45) is 5.16 Å². The summed E-state index contributed by atoms with van der Waals surface area (Å²) in [7, 11) is 0. The molecule has 0 spiro atoms. The van der Waals surface area contributed by atoms with Gasteiger partial charge in [0.2, 0.25) is 0 Å². The number of benzene rings is 2. The van der Waals surface area contributed by atoms with E-state index < -0.39 is 5.97 Å². The Morgan fingerprint density at radius 1 is 1.07 bits per heavy atom. The molecule has 1 unspecified atom stereocenters. The van der Waals surface area contributed by atoms with E-state index in [4.69, 9.17) is 14.7 Å². The number of carboxylic acid groups (broad SMARTS) is 1. The van der Waals surface area contributed by atoms with Crippen LogP contribution in [0.1, 0.15) is 22.6 Å². The lowest BCUT2D eigenvalue weighted by atomic mass is 9.93. The van der Waals surface area contributed by atoms with Crippen LogP contribution in [0.4, 0.5) is 0 Å². The van der Waals surface area contributed by atoms with Gasteiger partial charge < -0.3 is 14.7 Å². The Kier molecular flexibility index (Phi) is 7.34. The molecule has 3 rings (SSSR count). The lowest BCUT2D eigenvalue weighted by molar-refractivity contribution is -0.139. The second kappa shape index (κ2) is 10.6. The lowest BCUT2D eigenvalue weighted by Gasteiger charge is -2.16. The predicted octanol–water partition coefficient (Wildman–Crippen LogP) is 3.92. The minimum absolute atomic E-state index is 0.0368. The van der Waals surface area contributed by atoms with Crippen LogP contribution in [0.2, 0.25) is 0 Å². The molecule has 0 saturated heterocycles. The van der Waals surface area contributed by atoms with E-state index in [1.165, 1.54) is 0 Å². The van der Waals surface area contributed by atoms with Gasteiger partial charge >= 0.3 is 5.97 Å². The quantitative estimate of drug-likeness (QED) is 0.419. The number of ether oxygens (including phenoxy) is 1. The van der Waals surface area contributed by atoms with Gasteiger partial charge in [0.15, 0.2) is 6.61 Å². The summed E-state index contributed by atoms with van der Waals surface area (Å²) in [5, 5.41) is 12.8. The van der Waals surface area contributed by atoms with E-state index in [1.807, 2.05) is 48.7 Å². The van der Waals surface area contributed by atoms with Gasteiger partial charge in [-0.3, -0.25) is 4.98 Å². The van der Waals surface area contributed by atoms with Gasteiger partial charge in [-0.05, 0) is 34.9 Å². The molecule has 29 heavy (non-hydrogen) atoms. The Bertz CT molecular complexity index is 890.